The number of likely N-dealkylation sites (tertiary alicyclic amines) is 1. The SMILES string of the molecule is COc1ccc2c(c1)C1(CCN(C)CC1)CN2C. The van der Waals surface area contributed by atoms with Crippen molar-refractivity contribution in [2.75, 3.05) is 45.7 Å². The summed E-state index contributed by atoms with van der Waals surface area (Å²) in [7, 11) is 6.18. The number of piperidine rings is 1. The molecule has 3 heteroatoms. The van der Waals surface area contributed by atoms with Crippen molar-refractivity contribution in [3.05, 3.63) is 23.8 Å². The zero-order valence-electron chi connectivity index (χ0n) is 11.6. The van der Waals surface area contributed by atoms with Crippen molar-refractivity contribution in [3.8, 4) is 5.75 Å². The first-order valence-electron chi connectivity index (χ1n) is 6.73. The molecule has 1 fully saturated rings. The fraction of sp³-hybridized carbons (Fsp3) is 0.600. The maximum Gasteiger partial charge on any atom is 0.119 e. The molecule has 0 N–H and O–H groups in total. The van der Waals surface area contributed by atoms with Crippen molar-refractivity contribution in [2.24, 2.45) is 0 Å². The molecule has 1 saturated heterocycles. The van der Waals surface area contributed by atoms with Gasteiger partial charge in [-0.25, -0.2) is 0 Å². The Morgan fingerprint density at radius 2 is 1.89 bits per heavy atom. The van der Waals surface area contributed by atoms with E-state index in [0.717, 1.165) is 12.3 Å². The van der Waals surface area contributed by atoms with Gasteiger partial charge in [-0.1, -0.05) is 0 Å². The molecule has 1 spiro atoms. The Balaban J connectivity index is 2.01. The van der Waals surface area contributed by atoms with Crippen LogP contribution in [0.4, 0.5) is 5.69 Å². The number of likely N-dealkylation sites (N-methyl/N-ethyl adjacent to an activating group) is 1. The summed E-state index contributed by atoms with van der Waals surface area (Å²) in [4.78, 5) is 4.84. The van der Waals surface area contributed by atoms with Gasteiger partial charge < -0.3 is 14.5 Å². The molecule has 2 heterocycles. The van der Waals surface area contributed by atoms with Crippen LogP contribution in [0, 0.1) is 0 Å². The second-order valence-electron chi connectivity index (χ2n) is 5.82. The lowest BCUT2D eigenvalue weighted by atomic mass is 9.74. The van der Waals surface area contributed by atoms with Gasteiger partial charge >= 0.3 is 0 Å². The van der Waals surface area contributed by atoms with Gasteiger partial charge in [0.1, 0.15) is 5.75 Å². The third-order valence-corrected chi connectivity index (χ3v) is 4.67. The molecule has 0 unspecified atom stereocenters. The van der Waals surface area contributed by atoms with Crippen LogP contribution in [0.3, 0.4) is 0 Å². The average Bonchev–Trinajstić information content (AvgIpc) is 2.66. The Kier molecular flexibility index (Phi) is 2.74. The smallest absolute Gasteiger partial charge is 0.119 e. The van der Waals surface area contributed by atoms with Crippen molar-refractivity contribution in [1.29, 1.82) is 0 Å². The van der Waals surface area contributed by atoms with E-state index in [1.54, 1.807) is 7.11 Å². The summed E-state index contributed by atoms with van der Waals surface area (Å²) in [6.45, 7) is 3.55. The van der Waals surface area contributed by atoms with Crippen LogP contribution in [-0.4, -0.2) is 45.7 Å². The van der Waals surface area contributed by atoms with Crippen LogP contribution in [0.15, 0.2) is 18.2 Å². The highest BCUT2D eigenvalue weighted by Crippen LogP contribution is 2.47. The highest BCUT2D eigenvalue weighted by Gasteiger charge is 2.43. The molecule has 0 radical (unpaired) electrons. The number of methoxy groups -OCH3 is 1. The molecular formula is C15H22N2O. The van der Waals surface area contributed by atoms with Crippen molar-refractivity contribution < 1.29 is 4.74 Å². The molecule has 0 aliphatic carbocycles. The third kappa shape index (κ3) is 1.69. The van der Waals surface area contributed by atoms with Gasteiger partial charge in [0.15, 0.2) is 0 Å². The van der Waals surface area contributed by atoms with Crippen molar-refractivity contribution in [2.45, 2.75) is 18.3 Å². The number of fused-ring (bicyclic) bond motifs is 2. The van der Waals surface area contributed by atoms with Crippen LogP contribution >= 0.6 is 0 Å². The Morgan fingerprint density at radius 1 is 1.17 bits per heavy atom. The third-order valence-electron chi connectivity index (χ3n) is 4.67. The highest BCUT2D eigenvalue weighted by molar-refractivity contribution is 5.64. The van der Waals surface area contributed by atoms with Crippen LogP contribution in [0.1, 0.15) is 18.4 Å². The summed E-state index contributed by atoms with van der Waals surface area (Å²) in [6.07, 6.45) is 2.52. The predicted octanol–water partition coefficient (Wildman–Crippen LogP) is 2.11. The molecule has 0 saturated carbocycles. The number of hydrogen-bond acceptors (Lipinski definition) is 3. The minimum atomic E-state index is 0.352. The molecule has 2 aliphatic rings. The maximum absolute atomic E-state index is 5.40. The van der Waals surface area contributed by atoms with E-state index in [1.807, 2.05) is 0 Å². The molecule has 0 aromatic heterocycles. The van der Waals surface area contributed by atoms with Crippen LogP contribution in [0.5, 0.6) is 5.75 Å². The summed E-state index contributed by atoms with van der Waals surface area (Å²) in [5.74, 6) is 0.988. The van der Waals surface area contributed by atoms with Crippen LogP contribution < -0.4 is 9.64 Å². The molecule has 1 aromatic rings. The summed E-state index contributed by atoms with van der Waals surface area (Å²) in [5.41, 5.74) is 3.24. The molecule has 3 nitrogen and oxygen atoms in total. The highest BCUT2D eigenvalue weighted by atomic mass is 16.5. The fourth-order valence-electron chi connectivity index (χ4n) is 3.50. The minimum Gasteiger partial charge on any atom is -0.497 e. The molecule has 0 bridgehead atoms. The predicted molar refractivity (Wildman–Crippen MR) is 74.7 cm³/mol. The van der Waals surface area contributed by atoms with Crippen LogP contribution in [0.2, 0.25) is 0 Å². The number of benzene rings is 1. The first-order chi connectivity index (χ1) is 8.64. The average molecular weight is 246 g/mol. The van der Waals surface area contributed by atoms with Gasteiger partial charge in [0.2, 0.25) is 0 Å². The van der Waals surface area contributed by atoms with Gasteiger partial charge in [-0.05, 0) is 56.7 Å². The Bertz CT molecular complexity index is 450. The summed E-state index contributed by atoms with van der Waals surface area (Å²) in [6, 6.07) is 6.54. The lowest BCUT2D eigenvalue weighted by Gasteiger charge is -2.38. The van der Waals surface area contributed by atoms with Gasteiger partial charge in [-0.2, -0.15) is 0 Å². The Hall–Kier alpha value is -1.22. The summed E-state index contributed by atoms with van der Waals surface area (Å²) < 4.78 is 5.40. The number of rotatable bonds is 1. The molecule has 1 aromatic carbocycles. The van der Waals surface area contributed by atoms with Crippen LogP contribution in [0.25, 0.3) is 0 Å². The summed E-state index contributed by atoms with van der Waals surface area (Å²) >= 11 is 0. The normalized spacial score (nSPS) is 22.3. The first kappa shape index (κ1) is 11.8. The van der Waals surface area contributed by atoms with Gasteiger partial charge in [0, 0.05) is 24.7 Å². The lowest BCUT2D eigenvalue weighted by molar-refractivity contribution is 0.197. The quantitative estimate of drug-likeness (QED) is 0.755. The van der Waals surface area contributed by atoms with Gasteiger partial charge in [0.05, 0.1) is 7.11 Å². The van der Waals surface area contributed by atoms with E-state index in [1.165, 1.54) is 37.2 Å². The minimum absolute atomic E-state index is 0.352. The fourth-order valence-corrected chi connectivity index (χ4v) is 3.50. The number of nitrogens with zero attached hydrogens (tertiary/aromatic N) is 2. The molecule has 98 valence electrons. The van der Waals surface area contributed by atoms with Gasteiger partial charge in [-0.3, -0.25) is 0 Å². The first-order valence-corrected chi connectivity index (χ1v) is 6.73. The zero-order chi connectivity index (χ0) is 12.8. The molecule has 0 atom stereocenters. The monoisotopic (exact) mass is 246 g/mol. The van der Waals surface area contributed by atoms with Crippen molar-refractivity contribution in [3.63, 3.8) is 0 Å². The van der Waals surface area contributed by atoms with E-state index in [-0.39, 0.29) is 0 Å². The van der Waals surface area contributed by atoms with E-state index >= 15 is 0 Å². The summed E-state index contributed by atoms with van der Waals surface area (Å²) in [5, 5.41) is 0. The molecule has 3 rings (SSSR count). The number of hydrogen-bond donors (Lipinski definition) is 0. The molecule has 2 aliphatic heterocycles. The van der Waals surface area contributed by atoms with E-state index in [2.05, 4.69) is 42.1 Å². The Labute approximate surface area is 109 Å². The van der Waals surface area contributed by atoms with E-state index in [0.29, 0.717) is 5.41 Å². The standard InChI is InChI=1S/C15H22N2O/c1-16-8-6-15(7-9-16)11-17(2)14-5-4-12(18-3)10-13(14)15/h4-5,10H,6-9,11H2,1-3H3. The van der Waals surface area contributed by atoms with Gasteiger partial charge in [0.25, 0.3) is 0 Å². The van der Waals surface area contributed by atoms with E-state index in [4.69, 9.17) is 4.74 Å². The lowest BCUT2D eigenvalue weighted by Crippen LogP contribution is -2.43. The molecular weight excluding hydrogens is 224 g/mol. The number of ether oxygens (including phenoxy) is 1. The topological polar surface area (TPSA) is 15.7 Å². The zero-order valence-corrected chi connectivity index (χ0v) is 11.6. The van der Waals surface area contributed by atoms with Crippen molar-refractivity contribution >= 4 is 5.69 Å². The van der Waals surface area contributed by atoms with Crippen LogP contribution in [-0.2, 0) is 5.41 Å². The molecule has 0 amide bonds. The largest absolute Gasteiger partial charge is 0.497 e. The second kappa shape index (κ2) is 4.16. The number of anilines is 1. The van der Waals surface area contributed by atoms with Crippen molar-refractivity contribution in [1.82, 2.24) is 4.90 Å². The maximum atomic E-state index is 5.40. The van der Waals surface area contributed by atoms with E-state index < -0.39 is 0 Å². The second-order valence-corrected chi connectivity index (χ2v) is 5.82. The molecule has 18 heavy (non-hydrogen) atoms. The van der Waals surface area contributed by atoms with E-state index in [9.17, 15) is 0 Å². The Morgan fingerprint density at radius 3 is 2.56 bits per heavy atom. The van der Waals surface area contributed by atoms with Gasteiger partial charge in [-0.15, -0.1) is 0 Å².